The Bertz CT molecular complexity index is 389. The van der Waals surface area contributed by atoms with E-state index in [0.29, 0.717) is 32.1 Å². The molecule has 1 aromatic heterocycles. The largest absolute Gasteiger partial charge is 0.383 e. The fraction of sp³-hybridized carbons (Fsp3) is 0.615. The van der Waals surface area contributed by atoms with E-state index in [1.54, 1.807) is 7.11 Å². The van der Waals surface area contributed by atoms with Crippen LogP contribution in [0.4, 0.5) is 5.95 Å². The number of carbonyl (C=O) groups excluding carboxylic acids is 1. The lowest BCUT2D eigenvalue weighted by Crippen LogP contribution is -2.27. The number of amides is 1. The van der Waals surface area contributed by atoms with Crippen LogP contribution in [0.25, 0.3) is 0 Å². The number of anilines is 1. The second-order valence-corrected chi connectivity index (χ2v) is 4.35. The van der Waals surface area contributed by atoms with E-state index in [1.165, 1.54) is 0 Å². The molecule has 2 N–H and O–H groups in total. The lowest BCUT2D eigenvalue weighted by molar-refractivity contribution is -0.121. The van der Waals surface area contributed by atoms with Gasteiger partial charge in [-0.25, -0.2) is 9.97 Å². The molecule has 6 heteroatoms. The Kier molecular flexibility index (Phi) is 6.81. The van der Waals surface area contributed by atoms with Gasteiger partial charge >= 0.3 is 0 Å². The molecule has 0 saturated heterocycles. The standard InChI is InChI=1S/C13H22N4O2/c1-10-9-11(2)17-13(16-10)15-6-4-5-12(18)14-7-8-19-3/h9H,4-8H2,1-3H3,(H,14,18)(H,15,16,17). The number of aromatic nitrogens is 2. The molecule has 1 aromatic rings. The number of methoxy groups -OCH3 is 1. The van der Waals surface area contributed by atoms with Crippen molar-refractivity contribution in [2.75, 3.05) is 32.1 Å². The second kappa shape index (κ2) is 8.42. The van der Waals surface area contributed by atoms with E-state index in [2.05, 4.69) is 20.6 Å². The molecule has 0 aliphatic carbocycles. The van der Waals surface area contributed by atoms with E-state index in [9.17, 15) is 4.79 Å². The number of nitrogens with zero attached hydrogens (tertiary/aromatic N) is 2. The minimum atomic E-state index is 0.0418. The van der Waals surface area contributed by atoms with E-state index in [4.69, 9.17) is 4.74 Å². The highest BCUT2D eigenvalue weighted by atomic mass is 16.5. The number of ether oxygens (including phenoxy) is 1. The SMILES string of the molecule is COCCNC(=O)CCCNc1nc(C)cc(C)n1. The molecule has 0 aliphatic rings. The summed E-state index contributed by atoms with van der Waals surface area (Å²) in [6.45, 7) is 5.65. The quantitative estimate of drug-likeness (QED) is 0.688. The Morgan fingerprint density at radius 3 is 2.58 bits per heavy atom. The monoisotopic (exact) mass is 266 g/mol. The van der Waals surface area contributed by atoms with Crippen LogP contribution in [0.1, 0.15) is 24.2 Å². The molecule has 6 nitrogen and oxygen atoms in total. The van der Waals surface area contributed by atoms with Gasteiger partial charge in [0.15, 0.2) is 0 Å². The summed E-state index contributed by atoms with van der Waals surface area (Å²) >= 11 is 0. The van der Waals surface area contributed by atoms with Gasteiger partial charge < -0.3 is 15.4 Å². The molecule has 1 amide bonds. The molecule has 0 atom stereocenters. The molecule has 1 heterocycles. The number of rotatable bonds is 8. The van der Waals surface area contributed by atoms with Gasteiger partial charge in [-0.15, -0.1) is 0 Å². The van der Waals surface area contributed by atoms with E-state index in [1.807, 2.05) is 19.9 Å². The summed E-state index contributed by atoms with van der Waals surface area (Å²) in [5.41, 5.74) is 1.87. The van der Waals surface area contributed by atoms with Gasteiger partial charge in [0.05, 0.1) is 6.61 Å². The van der Waals surface area contributed by atoms with Crippen LogP contribution >= 0.6 is 0 Å². The fourth-order valence-corrected chi connectivity index (χ4v) is 1.64. The van der Waals surface area contributed by atoms with Crippen molar-refractivity contribution in [1.82, 2.24) is 15.3 Å². The normalized spacial score (nSPS) is 10.3. The van der Waals surface area contributed by atoms with Gasteiger partial charge in [-0.2, -0.15) is 0 Å². The maximum absolute atomic E-state index is 11.4. The van der Waals surface area contributed by atoms with Crippen molar-refractivity contribution in [2.45, 2.75) is 26.7 Å². The summed E-state index contributed by atoms with van der Waals surface area (Å²) in [5.74, 6) is 0.664. The summed E-state index contributed by atoms with van der Waals surface area (Å²) in [6, 6.07) is 1.93. The smallest absolute Gasteiger partial charge is 0.223 e. The van der Waals surface area contributed by atoms with Crippen LogP contribution in [0.2, 0.25) is 0 Å². The number of hydrogen-bond acceptors (Lipinski definition) is 5. The van der Waals surface area contributed by atoms with Crippen molar-refractivity contribution < 1.29 is 9.53 Å². The molecule has 0 radical (unpaired) electrons. The second-order valence-electron chi connectivity index (χ2n) is 4.35. The first-order chi connectivity index (χ1) is 9.11. The summed E-state index contributed by atoms with van der Waals surface area (Å²) < 4.78 is 4.85. The summed E-state index contributed by atoms with van der Waals surface area (Å²) in [5, 5.41) is 5.90. The Hall–Kier alpha value is -1.69. The third-order valence-electron chi connectivity index (χ3n) is 2.47. The zero-order valence-corrected chi connectivity index (χ0v) is 11.8. The average Bonchev–Trinajstić information content (AvgIpc) is 2.34. The Balaban J connectivity index is 2.18. The van der Waals surface area contributed by atoms with E-state index in [-0.39, 0.29) is 5.91 Å². The molecule has 0 unspecified atom stereocenters. The van der Waals surface area contributed by atoms with Crippen molar-refractivity contribution in [3.63, 3.8) is 0 Å². The number of carbonyl (C=O) groups is 1. The first kappa shape index (κ1) is 15.4. The molecule has 19 heavy (non-hydrogen) atoms. The molecule has 0 fully saturated rings. The first-order valence-corrected chi connectivity index (χ1v) is 6.43. The average molecular weight is 266 g/mol. The predicted molar refractivity (Wildman–Crippen MR) is 74.1 cm³/mol. The summed E-state index contributed by atoms with van der Waals surface area (Å²) in [4.78, 5) is 20.0. The highest BCUT2D eigenvalue weighted by Crippen LogP contribution is 2.03. The molecular formula is C13H22N4O2. The van der Waals surface area contributed by atoms with Gasteiger partial charge in [-0.1, -0.05) is 0 Å². The van der Waals surface area contributed by atoms with E-state index < -0.39 is 0 Å². The third-order valence-corrected chi connectivity index (χ3v) is 2.47. The number of nitrogens with one attached hydrogen (secondary N) is 2. The molecule has 0 bridgehead atoms. The first-order valence-electron chi connectivity index (χ1n) is 6.43. The van der Waals surface area contributed by atoms with Gasteiger partial charge in [0, 0.05) is 38.0 Å². The van der Waals surface area contributed by atoms with Gasteiger partial charge in [-0.3, -0.25) is 4.79 Å². The van der Waals surface area contributed by atoms with Gasteiger partial charge in [0.25, 0.3) is 0 Å². The molecule has 0 aromatic carbocycles. The highest BCUT2D eigenvalue weighted by Gasteiger charge is 2.01. The van der Waals surface area contributed by atoms with E-state index >= 15 is 0 Å². The van der Waals surface area contributed by atoms with Crippen LogP contribution in [0, 0.1) is 13.8 Å². The molecule has 0 spiro atoms. The lowest BCUT2D eigenvalue weighted by Gasteiger charge is -2.07. The van der Waals surface area contributed by atoms with Crippen molar-refractivity contribution in [2.24, 2.45) is 0 Å². The zero-order chi connectivity index (χ0) is 14.1. The van der Waals surface area contributed by atoms with Gasteiger partial charge in [0.1, 0.15) is 0 Å². The Morgan fingerprint density at radius 1 is 1.26 bits per heavy atom. The van der Waals surface area contributed by atoms with Crippen LogP contribution in [0.5, 0.6) is 0 Å². The summed E-state index contributed by atoms with van der Waals surface area (Å²) in [6.07, 6.45) is 1.23. The van der Waals surface area contributed by atoms with Crippen LogP contribution in [-0.2, 0) is 9.53 Å². The van der Waals surface area contributed by atoms with Crippen molar-refractivity contribution in [1.29, 1.82) is 0 Å². The minimum absolute atomic E-state index is 0.0418. The lowest BCUT2D eigenvalue weighted by atomic mass is 10.3. The van der Waals surface area contributed by atoms with Gasteiger partial charge in [0.2, 0.25) is 11.9 Å². The maximum atomic E-state index is 11.4. The molecule has 0 saturated carbocycles. The van der Waals surface area contributed by atoms with Crippen LogP contribution < -0.4 is 10.6 Å². The minimum Gasteiger partial charge on any atom is -0.383 e. The van der Waals surface area contributed by atoms with Crippen LogP contribution in [0.3, 0.4) is 0 Å². The number of aryl methyl sites for hydroxylation is 2. The van der Waals surface area contributed by atoms with Crippen LogP contribution in [0.15, 0.2) is 6.07 Å². The topological polar surface area (TPSA) is 76.1 Å². The van der Waals surface area contributed by atoms with Crippen molar-refractivity contribution in [3.8, 4) is 0 Å². The maximum Gasteiger partial charge on any atom is 0.223 e. The number of hydrogen-bond donors (Lipinski definition) is 2. The Morgan fingerprint density at radius 2 is 1.95 bits per heavy atom. The predicted octanol–water partition coefficient (Wildman–Crippen LogP) is 1.05. The van der Waals surface area contributed by atoms with Crippen LogP contribution in [-0.4, -0.2) is 42.7 Å². The molecule has 0 aliphatic heterocycles. The Labute approximate surface area is 114 Å². The third kappa shape index (κ3) is 6.71. The molecular weight excluding hydrogens is 244 g/mol. The van der Waals surface area contributed by atoms with Crippen molar-refractivity contribution in [3.05, 3.63) is 17.5 Å². The molecule has 1 rings (SSSR count). The van der Waals surface area contributed by atoms with Crippen molar-refractivity contribution >= 4 is 11.9 Å². The fourth-order valence-electron chi connectivity index (χ4n) is 1.64. The highest BCUT2D eigenvalue weighted by molar-refractivity contribution is 5.75. The van der Waals surface area contributed by atoms with E-state index in [0.717, 1.165) is 17.8 Å². The summed E-state index contributed by atoms with van der Waals surface area (Å²) in [7, 11) is 1.61. The zero-order valence-electron chi connectivity index (χ0n) is 11.8. The van der Waals surface area contributed by atoms with Gasteiger partial charge in [-0.05, 0) is 26.3 Å². The molecule has 106 valence electrons.